The van der Waals surface area contributed by atoms with E-state index in [4.69, 9.17) is 0 Å². The van der Waals surface area contributed by atoms with E-state index in [9.17, 15) is 4.79 Å². The monoisotopic (exact) mass is 338 g/mol. The van der Waals surface area contributed by atoms with E-state index >= 15 is 0 Å². The number of carbonyl (C=O) groups is 1. The van der Waals surface area contributed by atoms with Crippen molar-refractivity contribution in [2.24, 2.45) is 0 Å². The summed E-state index contributed by atoms with van der Waals surface area (Å²) in [4.78, 5) is 19.2. The van der Waals surface area contributed by atoms with Crippen molar-refractivity contribution in [1.82, 2.24) is 4.98 Å². The highest BCUT2D eigenvalue weighted by atomic mass is 79.9. The zero-order chi connectivity index (χ0) is 13.8. The average Bonchev–Trinajstić information content (AvgIpc) is 2.81. The summed E-state index contributed by atoms with van der Waals surface area (Å²) in [5.41, 5.74) is 1.27. The molecule has 5 heteroatoms. The number of hydrogen-bond donors (Lipinski definition) is 0. The Labute approximate surface area is 125 Å². The number of rotatable bonds is 4. The standard InChI is InChI=1S/C14H15BrN2OS/c1-10-7-8-19-12(10)4-6-14(18)17(2)13-5-3-11(15)9-16-13/h3,5,7-9H,4,6H2,1-2H3. The smallest absolute Gasteiger partial charge is 0.228 e. The lowest BCUT2D eigenvalue weighted by molar-refractivity contribution is -0.118. The second kappa shape index (κ2) is 6.30. The first-order chi connectivity index (χ1) is 9.08. The number of hydrogen-bond acceptors (Lipinski definition) is 3. The molecule has 0 aromatic carbocycles. The van der Waals surface area contributed by atoms with E-state index in [0.29, 0.717) is 12.2 Å². The number of aromatic nitrogens is 1. The molecule has 3 nitrogen and oxygen atoms in total. The molecule has 100 valence electrons. The van der Waals surface area contributed by atoms with Crippen LogP contribution >= 0.6 is 27.3 Å². The van der Waals surface area contributed by atoms with E-state index in [1.807, 2.05) is 12.1 Å². The maximum Gasteiger partial charge on any atom is 0.228 e. The molecule has 0 aliphatic heterocycles. The summed E-state index contributed by atoms with van der Waals surface area (Å²) in [6.45, 7) is 2.08. The van der Waals surface area contributed by atoms with E-state index in [2.05, 4.69) is 39.3 Å². The van der Waals surface area contributed by atoms with Crippen LogP contribution in [0.2, 0.25) is 0 Å². The molecule has 2 aromatic heterocycles. The molecule has 2 rings (SSSR count). The first kappa shape index (κ1) is 14.2. The number of halogens is 1. The van der Waals surface area contributed by atoms with Gasteiger partial charge in [-0.3, -0.25) is 9.69 Å². The lowest BCUT2D eigenvalue weighted by atomic mass is 10.2. The molecule has 2 heterocycles. The molecular weight excluding hydrogens is 324 g/mol. The van der Waals surface area contributed by atoms with Gasteiger partial charge in [0.2, 0.25) is 5.91 Å². The maximum atomic E-state index is 12.1. The van der Waals surface area contributed by atoms with Crippen LogP contribution in [0, 0.1) is 6.92 Å². The highest BCUT2D eigenvalue weighted by Crippen LogP contribution is 2.19. The number of aryl methyl sites for hydroxylation is 2. The lowest BCUT2D eigenvalue weighted by Gasteiger charge is -2.16. The predicted octanol–water partition coefficient (Wildman–Crippen LogP) is 3.81. The van der Waals surface area contributed by atoms with E-state index < -0.39 is 0 Å². The third-order valence-corrected chi connectivity index (χ3v) is 4.52. The Morgan fingerprint density at radius 2 is 2.21 bits per heavy atom. The van der Waals surface area contributed by atoms with Gasteiger partial charge in [0.1, 0.15) is 5.82 Å². The fourth-order valence-electron chi connectivity index (χ4n) is 1.74. The summed E-state index contributed by atoms with van der Waals surface area (Å²) >= 11 is 5.04. The largest absolute Gasteiger partial charge is 0.300 e. The van der Waals surface area contributed by atoms with Crippen molar-refractivity contribution >= 4 is 39.0 Å². The summed E-state index contributed by atoms with van der Waals surface area (Å²) in [5.74, 6) is 0.763. The number of thiophene rings is 1. The minimum absolute atomic E-state index is 0.0858. The number of anilines is 1. The van der Waals surface area contributed by atoms with Crippen LogP contribution in [0.3, 0.4) is 0 Å². The second-order valence-corrected chi connectivity index (χ2v) is 6.23. The highest BCUT2D eigenvalue weighted by Gasteiger charge is 2.12. The van der Waals surface area contributed by atoms with Crippen LogP contribution in [-0.2, 0) is 11.2 Å². The molecule has 0 unspecified atom stereocenters. The summed E-state index contributed by atoms with van der Waals surface area (Å²) in [6.07, 6.45) is 3.00. The minimum atomic E-state index is 0.0858. The van der Waals surface area contributed by atoms with Crippen LogP contribution in [0.25, 0.3) is 0 Å². The molecule has 1 amide bonds. The van der Waals surface area contributed by atoms with Crippen molar-refractivity contribution in [1.29, 1.82) is 0 Å². The fourth-order valence-corrected chi connectivity index (χ4v) is 2.89. The molecule has 0 N–H and O–H groups in total. The van der Waals surface area contributed by atoms with Crippen LogP contribution in [-0.4, -0.2) is 17.9 Å². The first-order valence-electron chi connectivity index (χ1n) is 5.99. The molecular formula is C14H15BrN2OS. The molecule has 0 radical (unpaired) electrons. The normalized spacial score (nSPS) is 10.5. The minimum Gasteiger partial charge on any atom is -0.300 e. The molecule has 0 spiro atoms. The van der Waals surface area contributed by atoms with E-state index in [-0.39, 0.29) is 5.91 Å². The van der Waals surface area contributed by atoms with E-state index in [0.717, 1.165) is 10.9 Å². The first-order valence-corrected chi connectivity index (χ1v) is 7.66. The number of pyridine rings is 1. The molecule has 0 saturated carbocycles. The average molecular weight is 339 g/mol. The predicted molar refractivity (Wildman–Crippen MR) is 82.7 cm³/mol. The molecule has 19 heavy (non-hydrogen) atoms. The quantitative estimate of drug-likeness (QED) is 0.849. The molecule has 0 aliphatic rings. The molecule has 0 atom stereocenters. The summed E-state index contributed by atoms with van der Waals surface area (Å²) in [6, 6.07) is 5.80. The third kappa shape index (κ3) is 3.64. The molecule has 0 bridgehead atoms. The van der Waals surface area contributed by atoms with Crippen molar-refractivity contribution in [2.75, 3.05) is 11.9 Å². The molecule has 0 saturated heterocycles. The van der Waals surface area contributed by atoms with Crippen LogP contribution in [0.5, 0.6) is 0 Å². The van der Waals surface area contributed by atoms with Crippen molar-refractivity contribution in [2.45, 2.75) is 19.8 Å². The van der Waals surface area contributed by atoms with E-state index in [1.165, 1.54) is 10.4 Å². The van der Waals surface area contributed by atoms with Gasteiger partial charge < -0.3 is 0 Å². The summed E-state index contributed by atoms with van der Waals surface area (Å²) in [7, 11) is 1.76. The maximum absolute atomic E-state index is 12.1. The Kier molecular flexibility index (Phi) is 4.71. The van der Waals surface area contributed by atoms with Crippen LogP contribution < -0.4 is 4.90 Å². The van der Waals surface area contributed by atoms with Gasteiger partial charge in [0.05, 0.1) is 0 Å². The second-order valence-electron chi connectivity index (χ2n) is 4.31. The molecule has 0 aliphatic carbocycles. The molecule has 0 fully saturated rings. The SMILES string of the molecule is Cc1ccsc1CCC(=O)N(C)c1ccc(Br)cn1. The Morgan fingerprint density at radius 1 is 1.42 bits per heavy atom. The number of nitrogens with zero attached hydrogens (tertiary/aromatic N) is 2. The lowest BCUT2D eigenvalue weighted by Crippen LogP contribution is -2.27. The Hall–Kier alpha value is -1.20. The van der Waals surface area contributed by atoms with Gasteiger partial charge in [0.25, 0.3) is 0 Å². The Bertz CT molecular complexity index is 565. The number of carbonyl (C=O) groups excluding carboxylic acids is 1. The van der Waals surface area contributed by atoms with Gasteiger partial charge in [-0.2, -0.15) is 0 Å². The number of amides is 1. The Balaban J connectivity index is 1.96. The highest BCUT2D eigenvalue weighted by molar-refractivity contribution is 9.10. The zero-order valence-corrected chi connectivity index (χ0v) is 13.3. The van der Waals surface area contributed by atoms with Gasteiger partial charge in [0.15, 0.2) is 0 Å². The van der Waals surface area contributed by atoms with Crippen molar-refractivity contribution < 1.29 is 4.79 Å². The van der Waals surface area contributed by atoms with Crippen molar-refractivity contribution in [3.63, 3.8) is 0 Å². The Morgan fingerprint density at radius 3 is 2.79 bits per heavy atom. The van der Waals surface area contributed by atoms with Crippen LogP contribution in [0.4, 0.5) is 5.82 Å². The van der Waals surface area contributed by atoms with Crippen molar-refractivity contribution in [3.05, 3.63) is 44.7 Å². The van der Waals surface area contributed by atoms with Crippen molar-refractivity contribution in [3.8, 4) is 0 Å². The fraction of sp³-hybridized carbons (Fsp3) is 0.286. The topological polar surface area (TPSA) is 33.2 Å². The van der Waals surface area contributed by atoms with Crippen LogP contribution in [0.15, 0.2) is 34.2 Å². The van der Waals surface area contributed by atoms with Gasteiger partial charge in [-0.1, -0.05) is 0 Å². The van der Waals surface area contributed by atoms with Gasteiger partial charge in [-0.05, 0) is 58.4 Å². The third-order valence-electron chi connectivity index (χ3n) is 2.96. The summed E-state index contributed by atoms with van der Waals surface area (Å²) in [5, 5.41) is 2.06. The van der Waals surface area contributed by atoms with E-state index in [1.54, 1.807) is 29.5 Å². The molecule has 2 aromatic rings. The van der Waals surface area contributed by atoms with Gasteiger partial charge in [-0.25, -0.2) is 4.98 Å². The van der Waals surface area contributed by atoms with Gasteiger partial charge >= 0.3 is 0 Å². The zero-order valence-electron chi connectivity index (χ0n) is 10.9. The van der Waals surface area contributed by atoms with Crippen LogP contribution in [0.1, 0.15) is 16.9 Å². The summed E-state index contributed by atoms with van der Waals surface area (Å²) < 4.78 is 0.909. The van der Waals surface area contributed by atoms with Gasteiger partial charge in [0, 0.05) is 29.0 Å². The van der Waals surface area contributed by atoms with Gasteiger partial charge in [-0.15, -0.1) is 11.3 Å².